The smallest absolute Gasteiger partial charge is 0.253 e. The monoisotopic (exact) mass is 407 g/mol. The van der Waals surface area contributed by atoms with Gasteiger partial charge in [-0.1, -0.05) is 37.3 Å². The summed E-state index contributed by atoms with van der Waals surface area (Å²) in [7, 11) is 0. The maximum absolute atomic E-state index is 12.7. The van der Waals surface area contributed by atoms with Crippen LogP contribution in [0.15, 0.2) is 54.6 Å². The molecule has 1 aliphatic rings. The van der Waals surface area contributed by atoms with Crippen molar-refractivity contribution in [2.24, 2.45) is 5.92 Å². The van der Waals surface area contributed by atoms with E-state index in [4.69, 9.17) is 0 Å². The highest BCUT2D eigenvalue weighted by Gasteiger charge is 2.27. The first-order valence-electron chi connectivity index (χ1n) is 10.6. The Kier molecular flexibility index (Phi) is 7.60. The lowest BCUT2D eigenvalue weighted by Gasteiger charge is -2.31. The van der Waals surface area contributed by atoms with E-state index >= 15 is 0 Å². The molecule has 0 radical (unpaired) electrons. The van der Waals surface area contributed by atoms with Gasteiger partial charge in [0.2, 0.25) is 5.91 Å². The zero-order valence-corrected chi connectivity index (χ0v) is 17.4. The summed E-state index contributed by atoms with van der Waals surface area (Å²) >= 11 is 0. The standard InChI is InChI=1S/C24H29N3O3/c1-2-18-8-10-21(11-9-18)24(30)27-16-12-20(13-17-27)23(29)26-15-14-25-22(28)19-6-4-3-5-7-19/h3-11,20H,2,12-17H2,1H3,(H,25,28)(H,26,29). The van der Waals surface area contributed by atoms with Gasteiger partial charge in [0, 0.05) is 43.2 Å². The molecular formula is C24H29N3O3. The third-order valence-corrected chi connectivity index (χ3v) is 5.51. The lowest BCUT2D eigenvalue weighted by molar-refractivity contribution is -0.126. The highest BCUT2D eigenvalue weighted by Crippen LogP contribution is 2.19. The summed E-state index contributed by atoms with van der Waals surface area (Å²) in [5.41, 5.74) is 2.51. The van der Waals surface area contributed by atoms with Gasteiger partial charge in [0.25, 0.3) is 11.8 Å². The van der Waals surface area contributed by atoms with Crippen molar-refractivity contribution in [3.05, 3.63) is 71.3 Å². The Morgan fingerprint density at radius 1 is 0.867 bits per heavy atom. The summed E-state index contributed by atoms with van der Waals surface area (Å²) in [4.78, 5) is 38.9. The molecule has 158 valence electrons. The fourth-order valence-electron chi connectivity index (χ4n) is 3.61. The Balaban J connectivity index is 1.37. The number of hydrogen-bond acceptors (Lipinski definition) is 3. The van der Waals surface area contributed by atoms with Gasteiger partial charge in [0.05, 0.1) is 0 Å². The minimum atomic E-state index is -0.149. The Morgan fingerprint density at radius 2 is 1.50 bits per heavy atom. The maximum atomic E-state index is 12.7. The number of hydrogen-bond donors (Lipinski definition) is 2. The van der Waals surface area contributed by atoms with E-state index in [1.54, 1.807) is 12.1 Å². The van der Waals surface area contributed by atoms with E-state index < -0.39 is 0 Å². The number of nitrogens with zero attached hydrogens (tertiary/aromatic N) is 1. The van der Waals surface area contributed by atoms with Gasteiger partial charge in [-0.3, -0.25) is 14.4 Å². The molecule has 2 aromatic rings. The van der Waals surface area contributed by atoms with Crippen LogP contribution in [0.1, 0.15) is 46.0 Å². The number of rotatable bonds is 7. The van der Waals surface area contributed by atoms with Gasteiger partial charge in [-0.15, -0.1) is 0 Å². The van der Waals surface area contributed by atoms with E-state index in [2.05, 4.69) is 17.6 Å². The summed E-state index contributed by atoms with van der Waals surface area (Å²) in [6, 6.07) is 16.7. The molecule has 0 unspecified atom stereocenters. The van der Waals surface area contributed by atoms with E-state index in [1.807, 2.05) is 47.4 Å². The van der Waals surface area contributed by atoms with E-state index in [0.717, 1.165) is 6.42 Å². The molecule has 1 saturated heterocycles. The van der Waals surface area contributed by atoms with Gasteiger partial charge in [-0.05, 0) is 49.1 Å². The van der Waals surface area contributed by atoms with Crippen LogP contribution in [-0.4, -0.2) is 48.8 Å². The average molecular weight is 408 g/mol. The predicted molar refractivity (Wildman–Crippen MR) is 116 cm³/mol. The zero-order valence-electron chi connectivity index (χ0n) is 17.4. The number of piperidine rings is 1. The van der Waals surface area contributed by atoms with Crippen LogP contribution in [0.3, 0.4) is 0 Å². The normalized spacial score (nSPS) is 14.2. The number of aryl methyl sites for hydroxylation is 1. The first kappa shape index (κ1) is 21.6. The van der Waals surface area contributed by atoms with E-state index in [9.17, 15) is 14.4 Å². The van der Waals surface area contributed by atoms with Crippen molar-refractivity contribution in [2.45, 2.75) is 26.2 Å². The van der Waals surface area contributed by atoms with Crippen LogP contribution in [0.5, 0.6) is 0 Å². The fraction of sp³-hybridized carbons (Fsp3) is 0.375. The summed E-state index contributed by atoms with van der Waals surface area (Å²) in [6.45, 7) is 4.02. The second-order valence-corrected chi connectivity index (χ2v) is 7.53. The number of likely N-dealkylation sites (tertiary alicyclic amines) is 1. The van der Waals surface area contributed by atoms with E-state index in [0.29, 0.717) is 50.1 Å². The molecule has 30 heavy (non-hydrogen) atoms. The molecule has 2 aromatic carbocycles. The minimum Gasteiger partial charge on any atom is -0.354 e. The average Bonchev–Trinajstić information content (AvgIpc) is 2.81. The molecule has 6 heteroatoms. The van der Waals surface area contributed by atoms with Crippen molar-refractivity contribution in [1.82, 2.24) is 15.5 Å². The first-order valence-corrected chi connectivity index (χ1v) is 10.6. The van der Waals surface area contributed by atoms with E-state index in [1.165, 1.54) is 5.56 Å². The van der Waals surface area contributed by atoms with Crippen molar-refractivity contribution in [1.29, 1.82) is 0 Å². The Hall–Kier alpha value is -3.15. The lowest BCUT2D eigenvalue weighted by atomic mass is 9.95. The summed E-state index contributed by atoms with van der Waals surface area (Å²) < 4.78 is 0. The largest absolute Gasteiger partial charge is 0.354 e. The van der Waals surface area contributed by atoms with Gasteiger partial charge >= 0.3 is 0 Å². The van der Waals surface area contributed by atoms with Crippen LogP contribution >= 0.6 is 0 Å². The van der Waals surface area contributed by atoms with Gasteiger partial charge in [-0.2, -0.15) is 0 Å². The van der Waals surface area contributed by atoms with Crippen LogP contribution in [0.25, 0.3) is 0 Å². The Bertz CT molecular complexity index is 857. The Labute approximate surface area is 177 Å². The molecule has 1 aliphatic heterocycles. The summed E-state index contributed by atoms with van der Waals surface area (Å²) in [5.74, 6) is -0.228. The molecule has 0 aliphatic carbocycles. The summed E-state index contributed by atoms with van der Waals surface area (Å²) in [6.07, 6.45) is 2.26. The lowest BCUT2D eigenvalue weighted by Crippen LogP contribution is -2.44. The number of nitrogens with one attached hydrogen (secondary N) is 2. The molecule has 3 rings (SSSR count). The van der Waals surface area contributed by atoms with Crippen molar-refractivity contribution >= 4 is 17.7 Å². The van der Waals surface area contributed by atoms with Crippen LogP contribution in [0, 0.1) is 5.92 Å². The minimum absolute atomic E-state index is 0.0108. The molecule has 6 nitrogen and oxygen atoms in total. The van der Waals surface area contributed by atoms with Gasteiger partial charge in [-0.25, -0.2) is 0 Å². The predicted octanol–water partition coefficient (Wildman–Crippen LogP) is 2.65. The van der Waals surface area contributed by atoms with Gasteiger partial charge in [0.1, 0.15) is 0 Å². The first-order chi connectivity index (χ1) is 14.6. The zero-order chi connectivity index (χ0) is 21.3. The molecule has 0 aromatic heterocycles. The second kappa shape index (κ2) is 10.6. The SMILES string of the molecule is CCc1ccc(C(=O)N2CCC(C(=O)NCCNC(=O)c3ccccc3)CC2)cc1. The molecule has 2 N–H and O–H groups in total. The third kappa shape index (κ3) is 5.69. The number of benzene rings is 2. The van der Waals surface area contributed by atoms with Crippen molar-refractivity contribution in [3.63, 3.8) is 0 Å². The molecule has 1 heterocycles. The third-order valence-electron chi connectivity index (χ3n) is 5.51. The second-order valence-electron chi connectivity index (χ2n) is 7.53. The molecular weight excluding hydrogens is 378 g/mol. The van der Waals surface area contributed by atoms with Gasteiger partial charge in [0.15, 0.2) is 0 Å². The van der Waals surface area contributed by atoms with Crippen LogP contribution in [-0.2, 0) is 11.2 Å². The molecule has 1 fully saturated rings. The molecule has 0 spiro atoms. The van der Waals surface area contributed by atoms with Crippen LogP contribution in [0.2, 0.25) is 0 Å². The number of carbonyl (C=O) groups is 3. The fourth-order valence-corrected chi connectivity index (χ4v) is 3.61. The van der Waals surface area contributed by atoms with E-state index in [-0.39, 0.29) is 23.6 Å². The highest BCUT2D eigenvalue weighted by atomic mass is 16.2. The van der Waals surface area contributed by atoms with Crippen molar-refractivity contribution in [2.75, 3.05) is 26.2 Å². The Morgan fingerprint density at radius 3 is 2.13 bits per heavy atom. The molecule has 0 atom stereocenters. The maximum Gasteiger partial charge on any atom is 0.253 e. The highest BCUT2D eigenvalue weighted by molar-refractivity contribution is 5.95. The van der Waals surface area contributed by atoms with Crippen molar-refractivity contribution < 1.29 is 14.4 Å². The quantitative estimate of drug-likeness (QED) is 0.693. The number of carbonyl (C=O) groups excluding carboxylic acids is 3. The topological polar surface area (TPSA) is 78.5 Å². The number of amides is 3. The molecule has 0 bridgehead atoms. The summed E-state index contributed by atoms with van der Waals surface area (Å²) in [5, 5.41) is 5.69. The van der Waals surface area contributed by atoms with Crippen LogP contribution in [0.4, 0.5) is 0 Å². The van der Waals surface area contributed by atoms with Gasteiger partial charge < -0.3 is 15.5 Å². The van der Waals surface area contributed by atoms with Crippen molar-refractivity contribution in [3.8, 4) is 0 Å². The molecule has 3 amide bonds. The van der Waals surface area contributed by atoms with Crippen LogP contribution < -0.4 is 10.6 Å². The molecule has 0 saturated carbocycles.